The molecule has 0 bridgehead atoms. The van der Waals surface area contributed by atoms with Gasteiger partial charge in [0, 0.05) is 23.7 Å². The fourth-order valence-electron chi connectivity index (χ4n) is 2.40. The lowest BCUT2D eigenvalue weighted by molar-refractivity contribution is 0.308. The van der Waals surface area contributed by atoms with Gasteiger partial charge in [-0.1, -0.05) is 32.0 Å². The van der Waals surface area contributed by atoms with Gasteiger partial charge in [0.25, 0.3) is 0 Å². The molecule has 114 valence electrons. The van der Waals surface area contributed by atoms with Crippen LogP contribution in [0.25, 0.3) is 0 Å². The maximum Gasteiger partial charge on any atom is 0.0340 e. The molecule has 0 saturated heterocycles. The number of nitrogens with one attached hydrogen (secondary N) is 1. The summed E-state index contributed by atoms with van der Waals surface area (Å²) in [7, 11) is 0. The Balaban J connectivity index is 1.73. The van der Waals surface area contributed by atoms with E-state index in [1.54, 1.807) is 0 Å². The average Bonchev–Trinajstić information content (AvgIpc) is 3.03. The quantitative estimate of drug-likeness (QED) is 0.743. The minimum absolute atomic E-state index is 0.999. The molecular formula is C18H26N2S. The molecule has 0 radical (unpaired) electrons. The van der Waals surface area contributed by atoms with Crippen LogP contribution < -0.4 is 5.32 Å². The first-order chi connectivity index (χ1) is 10.3. The Hall–Kier alpha value is -1.32. The molecule has 2 rings (SSSR count). The highest BCUT2D eigenvalue weighted by atomic mass is 32.1. The van der Waals surface area contributed by atoms with Crippen molar-refractivity contribution in [3.05, 3.63) is 52.2 Å². The fraction of sp³-hybridized carbons (Fsp3) is 0.444. The zero-order chi connectivity index (χ0) is 14.9. The van der Waals surface area contributed by atoms with E-state index in [4.69, 9.17) is 0 Å². The number of benzene rings is 1. The first kappa shape index (κ1) is 16.1. The van der Waals surface area contributed by atoms with Gasteiger partial charge in [0.05, 0.1) is 0 Å². The third-order valence-corrected chi connectivity index (χ3v) is 4.78. The second-order valence-electron chi connectivity index (χ2n) is 5.23. The highest BCUT2D eigenvalue weighted by molar-refractivity contribution is 7.09. The van der Waals surface area contributed by atoms with Gasteiger partial charge < -0.3 is 10.2 Å². The second kappa shape index (κ2) is 8.85. The van der Waals surface area contributed by atoms with E-state index in [1.165, 1.54) is 16.1 Å². The molecule has 0 spiro atoms. The van der Waals surface area contributed by atoms with Crippen LogP contribution in [0, 0.1) is 0 Å². The van der Waals surface area contributed by atoms with Crippen LogP contribution in [-0.4, -0.2) is 31.1 Å². The Kier molecular flexibility index (Phi) is 6.77. The summed E-state index contributed by atoms with van der Waals surface area (Å²) in [6.07, 6.45) is 2.23. The second-order valence-corrected chi connectivity index (χ2v) is 6.26. The summed E-state index contributed by atoms with van der Waals surface area (Å²) < 4.78 is 0. The maximum absolute atomic E-state index is 3.49. The summed E-state index contributed by atoms with van der Waals surface area (Å²) in [4.78, 5) is 3.91. The molecule has 1 N–H and O–H groups in total. The summed E-state index contributed by atoms with van der Waals surface area (Å²) in [6, 6.07) is 13.2. The molecule has 0 amide bonds. The standard InChI is InChI=1S/C18H26N2S/c1-3-20(4-2)14-12-16-7-9-17(10-8-16)19-13-11-18-6-5-15-21-18/h5-10,15,19H,3-4,11-14H2,1-2H3. The lowest BCUT2D eigenvalue weighted by atomic mass is 10.1. The molecule has 2 aromatic rings. The summed E-state index contributed by atoms with van der Waals surface area (Å²) in [5, 5.41) is 5.63. The van der Waals surface area contributed by atoms with Crippen molar-refractivity contribution in [2.45, 2.75) is 26.7 Å². The van der Waals surface area contributed by atoms with E-state index < -0.39 is 0 Å². The molecule has 1 heterocycles. The molecule has 1 aromatic heterocycles. The van der Waals surface area contributed by atoms with Crippen molar-refractivity contribution in [2.24, 2.45) is 0 Å². The topological polar surface area (TPSA) is 15.3 Å². The van der Waals surface area contributed by atoms with Crippen molar-refractivity contribution in [3.8, 4) is 0 Å². The van der Waals surface area contributed by atoms with Gasteiger partial charge in [0.2, 0.25) is 0 Å². The van der Waals surface area contributed by atoms with Crippen LogP contribution in [0.1, 0.15) is 24.3 Å². The summed E-state index contributed by atoms with van der Waals surface area (Å²) in [6.45, 7) is 8.88. The normalized spacial score (nSPS) is 11.0. The minimum atomic E-state index is 0.999. The highest BCUT2D eigenvalue weighted by Gasteiger charge is 2.00. The van der Waals surface area contributed by atoms with Gasteiger partial charge in [-0.2, -0.15) is 0 Å². The largest absolute Gasteiger partial charge is 0.385 e. The summed E-state index contributed by atoms with van der Waals surface area (Å²) >= 11 is 1.83. The van der Waals surface area contributed by atoms with Crippen molar-refractivity contribution < 1.29 is 0 Å². The average molecular weight is 302 g/mol. The van der Waals surface area contributed by atoms with Crippen LogP contribution in [0.5, 0.6) is 0 Å². The van der Waals surface area contributed by atoms with Crippen molar-refractivity contribution in [1.82, 2.24) is 4.90 Å². The number of likely N-dealkylation sites (N-methyl/N-ethyl adjacent to an activating group) is 1. The molecule has 3 heteroatoms. The van der Waals surface area contributed by atoms with Gasteiger partial charge in [0.15, 0.2) is 0 Å². The molecule has 0 aliphatic rings. The zero-order valence-electron chi connectivity index (χ0n) is 13.1. The Labute approximate surface area is 132 Å². The number of rotatable bonds is 9. The molecule has 0 atom stereocenters. The van der Waals surface area contributed by atoms with E-state index in [0.717, 1.165) is 39.0 Å². The number of hydrogen-bond donors (Lipinski definition) is 1. The van der Waals surface area contributed by atoms with Crippen LogP contribution in [0.2, 0.25) is 0 Å². The fourth-order valence-corrected chi connectivity index (χ4v) is 3.11. The third-order valence-electron chi connectivity index (χ3n) is 3.85. The highest BCUT2D eigenvalue weighted by Crippen LogP contribution is 2.12. The van der Waals surface area contributed by atoms with Crippen molar-refractivity contribution in [2.75, 3.05) is 31.5 Å². The summed E-state index contributed by atoms with van der Waals surface area (Å²) in [5.74, 6) is 0. The van der Waals surface area contributed by atoms with Gasteiger partial charge in [-0.15, -0.1) is 11.3 Å². The molecule has 0 unspecified atom stereocenters. The minimum Gasteiger partial charge on any atom is -0.385 e. The first-order valence-corrected chi connectivity index (χ1v) is 8.77. The molecular weight excluding hydrogens is 276 g/mol. The number of anilines is 1. The van der Waals surface area contributed by atoms with Crippen LogP contribution in [0.3, 0.4) is 0 Å². The smallest absolute Gasteiger partial charge is 0.0340 e. The molecule has 0 fully saturated rings. The molecule has 0 saturated carbocycles. The lowest BCUT2D eigenvalue weighted by Crippen LogP contribution is -2.25. The van der Waals surface area contributed by atoms with Gasteiger partial charge in [0.1, 0.15) is 0 Å². The van der Waals surface area contributed by atoms with E-state index in [9.17, 15) is 0 Å². The Morgan fingerprint density at radius 2 is 1.76 bits per heavy atom. The number of nitrogens with zero attached hydrogens (tertiary/aromatic N) is 1. The molecule has 21 heavy (non-hydrogen) atoms. The molecule has 0 aliphatic carbocycles. The van der Waals surface area contributed by atoms with Crippen molar-refractivity contribution >= 4 is 17.0 Å². The SMILES string of the molecule is CCN(CC)CCc1ccc(NCCc2cccs2)cc1. The zero-order valence-corrected chi connectivity index (χ0v) is 14.0. The van der Waals surface area contributed by atoms with E-state index >= 15 is 0 Å². The third kappa shape index (κ3) is 5.52. The maximum atomic E-state index is 3.49. The Morgan fingerprint density at radius 3 is 2.38 bits per heavy atom. The van der Waals surface area contributed by atoms with Gasteiger partial charge in [-0.3, -0.25) is 0 Å². The van der Waals surface area contributed by atoms with Crippen molar-refractivity contribution in [3.63, 3.8) is 0 Å². The van der Waals surface area contributed by atoms with Gasteiger partial charge in [-0.25, -0.2) is 0 Å². The Bertz CT molecular complexity index is 486. The summed E-state index contributed by atoms with van der Waals surface area (Å²) in [5.41, 5.74) is 2.64. The van der Waals surface area contributed by atoms with E-state index in [-0.39, 0.29) is 0 Å². The van der Waals surface area contributed by atoms with Gasteiger partial charge in [-0.05, 0) is 55.1 Å². The van der Waals surface area contributed by atoms with E-state index in [2.05, 4.69) is 65.8 Å². The van der Waals surface area contributed by atoms with Crippen LogP contribution in [-0.2, 0) is 12.8 Å². The first-order valence-electron chi connectivity index (χ1n) is 7.89. The predicted molar refractivity (Wildman–Crippen MR) is 94.4 cm³/mol. The monoisotopic (exact) mass is 302 g/mol. The number of thiophene rings is 1. The van der Waals surface area contributed by atoms with E-state index in [1.807, 2.05) is 11.3 Å². The van der Waals surface area contributed by atoms with Crippen LogP contribution >= 0.6 is 11.3 Å². The van der Waals surface area contributed by atoms with Crippen LogP contribution in [0.4, 0.5) is 5.69 Å². The number of hydrogen-bond acceptors (Lipinski definition) is 3. The Morgan fingerprint density at radius 1 is 1.00 bits per heavy atom. The molecule has 1 aromatic carbocycles. The predicted octanol–water partition coefficient (Wildman–Crippen LogP) is 4.29. The molecule has 2 nitrogen and oxygen atoms in total. The van der Waals surface area contributed by atoms with Crippen LogP contribution in [0.15, 0.2) is 41.8 Å². The molecule has 0 aliphatic heterocycles. The van der Waals surface area contributed by atoms with E-state index in [0.29, 0.717) is 0 Å². The van der Waals surface area contributed by atoms with Crippen molar-refractivity contribution in [1.29, 1.82) is 0 Å². The van der Waals surface area contributed by atoms with Gasteiger partial charge >= 0.3 is 0 Å². The lowest BCUT2D eigenvalue weighted by Gasteiger charge is -2.17.